The number of hydrogen-bond acceptors (Lipinski definition) is 2. The highest BCUT2D eigenvalue weighted by molar-refractivity contribution is 5.36. The summed E-state index contributed by atoms with van der Waals surface area (Å²) < 4.78 is 13.0. The van der Waals surface area contributed by atoms with E-state index in [2.05, 4.69) is 42.0 Å². The Kier molecular flexibility index (Phi) is 2.71. The summed E-state index contributed by atoms with van der Waals surface area (Å²) >= 11 is 0. The third-order valence-electron chi connectivity index (χ3n) is 2.94. The minimum absolute atomic E-state index is 0.193. The lowest BCUT2D eigenvalue weighted by atomic mass is 10.2. The van der Waals surface area contributed by atoms with Crippen LogP contribution in [0.2, 0.25) is 0 Å². The number of ether oxygens (including phenoxy) is 2. The summed E-state index contributed by atoms with van der Waals surface area (Å²) in [6.07, 6.45) is 3.90. The predicted molar refractivity (Wildman–Crippen MR) is 65.2 cm³/mol. The average Bonchev–Trinajstić information content (AvgIpc) is 3.00. The summed E-state index contributed by atoms with van der Waals surface area (Å²) in [6.45, 7) is 3.45. The number of hydrogen-bond donors (Lipinski definition) is 0. The van der Waals surface area contributed by atoms with Crippen LogP contribution in [0.1, 0.15) is 17.4 Å². The molecule has 0 N–H and O–H groups in total. The molecule has 0 spiro atoms. The van der Waals surface area contributed by atoms with Crippen LogP contribution in [-0.4, -0.2) is 17.8 Å². The van der Waals surface area contributed by atoms with Gasteiger partial charge in [0, 0.05) is 23.6 Å². The summed E-state index contributed by atoms with van der Waals surface area (Å²) in [5, 5.41) is 0. The van der Waals surface area contributed by atoms with Gasteiger partial charge in [0.25, 0.3) is 0 Å². The number of aromatic nitrogens is 1. The Bertz CT molecular complexity index is 495. The van der Waals surface area contributed by atoms with Crippen molar-refractivity contribution in [2.45, 2.75) is 13.2 Å². The highest BCUT2D eigenvalue weighted by atomic mass is 16.7. The molecule has 3 heteroatoms. The van der Waals surface area contributed by atoms with Crippen LogP contribution < -0.4 is 0 Å². The molecule has 2 heterocycles. The quantitative estimate of drug-likeness (QED) is 0.790. The van der Waals surface area contributed by atoms with Crippen LogP contribution in [0.5, 0.6) is 0 Å². The van der Waals surface area contributed by atoms with E-state index >= 15 is 0 Å². The molecule has 1 aromatic heterocycles. The van der Waals surface area contributed by atoms with E-state index in [1.54, 1.807) is 0 Å². The zero-order chi connectivity index (χ0) is 11.7. The van der Waals surface area contributed by atoms with Gasteiger partial charge in [-0.1, -0.05) is 17.7 Å². The van der Waals surface area contributed by atoms with Crippen LogP contribution in [0.25, 0.3) is 5.69 Å². The van der Waals surface area contributed by atoms with Crippen molar-refractivity contribution in [2.75, 3.05) is 13.2 Å². The zero-order valence-corrected chi connectivity index (χ0v) is 9.80. The Hall–Kier alpha value is -1.58. The molecule has 0 unspecified atom stereocenters. The lowest BCUT2D eigenvalue weighted by molar-refractivity contribution is -0.0440. The van der Waals surface area contributed by atoms with Gasteiger partial charge in [-0.3, -0.25) is 0 Å². The Morgan fingerprint density at radius 3 is 2.47 bits per heavy atom. The van der Waals surface area contributed by atoms with Crippen LogP contribution in [0.3, 0.4) is 0 Å². The van der Waals surface area contributed by atoms with Crippen LogP contribution in [-0.2, 0) is 9.47 Å². The van der Waals surface area contributed by atoms with Crippen LogP contribution in [0.4, 0.5) is 0 Å². The van der Waals surface area contributed by atoms with E-state index in [0.717, 1.165) is 11.3 Å². The van der Waals surface area contributed by atoms with Gasteiger partial charge >= 0.3 is 0 Å². The van der Waals surface area contributed by atoms with E-state index in [4.69, 9.17) is 9.47 Å². The lowest BCUT2D eigenvalue weighted by Gasteiger charge is -2.06. The van der Waals surface area contributed by atoms with E-state index in [9.17, 15) is 0 Å². The molecule has 1 fully saturated rings. The van der Waals surface area contributed by atoms with Gasteiger partial charge in [0.1, 0.15) is 0 Å². The smallest absolute Gasteiger partial charge is 0.185 e. The van der Waals surface area contributed by atoms with Crippen LogP contribution in [0, 0.1) is 6.92 Å². The molecule has 0 atom stereocenters. The van der Waals surface area contributed by atoms with Gasteiger partial charge in [0.2, 0.25) is 0 Å². The predicted octanol–water partition coefficient (Wildman–Crippen LogP) is 2.83. The number of nitrogens with zero attached hydrogens (tertiary/aromatic N) is 1. The van der Waals surface area contributed by atoms with E-state index in [1.807, 2.05) is 12.3 Å². The molecular weight excluding hydrogens is 214 g/mol. The molecule has 0 saturated carbocycles. The second kappa shape index (κ2) is 4.35. The van der Waals surface area contributed by atoms with E-state index < -0.39 is 0 Å². The molecule has 0 radical (unpaired) electrons. The van der Waals surface area contributed by atoms with Crippen molar-refractivity contribution in [3.05, 3.63) is 53.9 Å². The topological polar surface area (TPSA) is 23.4 Å². The van der Waals surface area contributed by atoms with E-state index in [0.29, 0.717) is 13.2 Å². The Morgan fingerprint density at radius 2 is 1.76 bits per heavy atom. The fourth-order valence-electron chi connectivity index (χ4n) is 1.98. The molecule has 1 aromatic carbocycles. The standard InChI is InChI=1S/C14H15NO2/c1-11-2-4-13(5-3-11)15-7-6-12(10-15)14-16-8-9-17-14/h2-7,10,14H,8-9H2,1H3. The number of rotatable bonds is 2. The molecular formula is C14H15NO2. The maximum Gasteiger partial charge on any atom is 0.185 e. The van der Waals surface area contributed by atoms with Crippen molar-refractivity contribution in [1.29, 1.82) is 0 Å². The molecule has 1 aliphatic rings. The third kappa shape index (κ3) is 2.12. The van der Waals surface area contributed by atoms with Crippen LogP contribution in [0.15, 0.2) is 42.7 Å². The summed E-state index contributed by atoms with van der Waals surface area (Å²) in [7, 11) is 0. The monoisotopic (exact) mass is 229 g/mol. The SMILES string of the molecule is Cc1ccc(-n2ccc(C3OCCO3)c2)cc1. The first-order valence-electron chi connectivity index (χ1n) is 5.81. The van der Waals surface area contributed by atoms with E-state index in [1.165, 1.54) is 5.56 Å². The Labute approximate surface area is 101 Å². The molecule has 17 heavy (non-hydrogen) atoms. The van der Waals surface area contributed by atoms with Crippen molar-refractivity contribution in [3.8, 4) is 5.69 Å². The van der Waals surface area contributed by atoms with Gasteiger partial charge in [0.05, 0.1) is 13.2 Å². The highest BCUT2D eigenvalue weighted by Gasteiger charge is 2.19. The van der Waals surface area contributed by atoms with Crippen molar-refractivity contribution in [3.63, 3.8) is 0 Å². The summed E-state index contributed by atoms with van der Waals surface area (Å²) in [5.74, 6) is 0. The highest BCUT2D eigenvalue weighted by Crippen LogP contribution is 2.24. The minimum Gasteiger partial charge on any atom is -0.346 e. The largest absolute Gasteiger partial charge is 0.346 e. The second-order valence-electron chi connectivity index (χ2n) is 4.26. The van der Waals surface area contributed by atoms with Crippen molar-refractivity contribution >= 4 is 0 Å². The molecule has 1 saturated heterocycles. The van der Waals surface area contributed by atoms with Crippen molar-refractivity contribution < 1.29 is 9.47 Å². The third-order valence-corrected chi connectivity index (χ3v) is 2.94. The molecule has 2 aromatic rings. The van der Waals surface area contributed by atoms with Gasteiger partial charge in [-0.05, 0) is 25.1 Å². The lowest BCUT2D eigenvalue weighted by Crippen LogP contribution is -1.96. The zero-order valence-electron chi connectivity index (χ0n) is 9.80. The Balaban J connectivity index is 1.86. The fourth-order valence-corrected chi connectivity index (χ4v) is 1.98. The second-order valence-corrected chi connectivity index (χ2v) is 4.26. The fraction of sp³-hybridized carbons (Fsp3) is 0.286. The first-order chi connectivity index (χ1) is 8.33. The number of benzene rings is 1. The molecule has 0 aliphatic carbocycles. The minimum atomic E-state index is -0.193. The molecule has 3 nitrogen and oxygen atoms in total. The van der Waals surface area contributed by atoms with E-state index in [-0.39, 0.29) is 6.29 Å². The molecule has 3 rings (SSSR count). The molecule has 1 aliphatic heterocycles. The Morgan fingerprint density at radius 1 is 1.06 bits per heavy atom. The maximum atomic E-state index is 5.47. The normalized spacial score (nSPS) is 16.5. The first-order valence-corrected chi connectivity index (χ1v) is 5.81. The van der Waals surface area contributed by atoms with Crippen molar-refractivity contribution in [1.82, 2.24) is 4.57 Å². The summed E-state index contributed by atoms with van der Waals surface area (Å²) in [5.41, 5.74) is 3.49. The molecule has 88 valence electrons. The maximum absolute atomic E-state index is 5.47. The average molecular weight is 229 g/mol. The van der Waals surface area contributed by atoms with Gasteiger partial charge in [-0.2, -0.15) is 0 Å². The van der Waals surface area contributed by atoms with Gasteiger partial charge in [-0.25, -0.2) is 0 Å². The van der Waals surface area contributed by atoms with Gasteiger partial charge < -0.3 is 14.0 Å². The molecule has 0 bridgehead atoms. The van der Waals surface area contributed by atoms with Gasteiger partial charge in [0.15, 0.2) is 6.29 Å². The van der Waals surface area contributed by atoms with Crippen molar-refractivity contribution in [2.24, 2.45) is 0 Å². The van der Waals surface area contributed by atoms with Gasteiger partial charge in [-0.15, -0.1) is 0 Å². The van der Waals surface area contributed by atoms with Crippen LogP contribution >= 0.6 is 0 Å². The summed E-state index contributed by atoms with van der Waals surface area (Å²) in [4.78, 5) is 0. The molecule has 0 amide bonds. The first kappa shape index (κ1) is 10.6. The summed E-state index contributed by atoms with van der Waals surface area (Å²) in [6, 6.07) is 10.5. The number of aryl methyl sites for hydroxylation is 1.